The van der Waals surface area contributed by atoms with Crippen LogP contribution in [0, 0.1) is 5.25 Å². The van der Waals surface area contributed by atoms with Crippen LogP contribution in [0.2, 0.25) is 0 Å². The summed E-state index contributed by atoms with van der Waals surface area (Å²) in [4.78, 5) is 1.43. The van der Waals surface area contributed by atoms with Crippen LogP contribution in [0.25, 0.3) is 0 Å². The number of thioether (sulfide) groups is 1. The van der Waals surface area contributed by atoms with Crippen molar-refractivity contribution < 1.29 is 0 Å². The van der Waals surface area contributed by atoms with Gasteiger partial charge in [0.1, 0.15) is 0 Å². The first-order valence-electron chi connectivity index (χ1n) is 3.40. The third-order valence-corrected chi connectivity index (χ3v) is 3.16. The Morgan fingerprint density at radius 2 is 2.10 bits per heavy atom. The average molecular weight is 149 g/mol. The lowest BCUT2D eigenvalue weighted by Gasteiger charge is -1.98. The molecule has 0 aromatic rings. The van der Waals surface area contributed by atoms with E-state index < -0.39 is 0 Å². The van der Waals surface area contributed by atoms with E-state index in [0.29, 0.717) is 0 Å². The molecule has 51 valence electrons. The Hall–Kier alpha value is -0.430. The van der Waals surface area contributed by atoms with E-state index >= 15 is 0 Å². The maximum Gasteiger partial charge on any atom is 0.0579 e. The summed E-state index contributed by atoms with van der Waals surface area (Å²) in [5.41, 5.74) is 2.88. The second-order valence-corrected chi connectivity index (χ2v) is 3.84. The molecule has 0 aromatic carbocycles. The third-order valence-electron chi connectivity index (χ3n) is 1.97. The van der Waals surface area contributed by atoms with Gasteiger partial charge in [-0.05, 0) is 31.1 Å². The van der Waals surface area contributed by atoms with E-state index in [1.807, 2.05) is 11.8 Å². The molecule has 1 heterocycles. The van der Waals surface area contributed by atoms with Crippen molar-refractivity contribution in [3.63, 3.8) is 0 Å². The van der Waals surface area contributed by atoms with E-state index in [-0.39, 0.29) is 0 Å². The van der Waals surface area contributed by atoms with Gasteiger partial charge < -0.3 is 0 Å². The van der Waals surface area contributed by atoms with Crippen molar-refractivity contribution in [1.82, 2.24) is 0 Å². The van der Waals surface area contributed by atoms with Gasteiger partial charge in [0, 0.05) is 4.91 Å². The highest BCUT2D eigenvalue weighted by Gasteiger charge is 2.24. The van der Waals surface area contributed by atoms with Gasteiger partial charge in [0.2, 0.25) is 0 Å². The lowest BCUT2D eigenvalue weighted by Crippen LogP contribution is -1.79. The minimum absolute atomic E-state index is 1.43. The van der Waals surface area contributed by atoms with Crippen LogP contribution in [-0.2, 0) is 0 Å². The summed E-state index contributed by atoms with van der Waals surface area (Å²) >= 11 is 1.89. The second kappa shape index (κ2) is 2.03. The van der Waals surface area contributed by atoms with Crippen LogP contribution in [0.15, 0.2) is 34.3 Å². The summed E-state index contributed by atoms with van der Waals surface area (Å²) < 4.78 is 0. The van der Waals surface area contributed by atoms with E-state index in [1.165, 1.54) is 21.3 Å². The van der Waals surface area contributed by atoms with Gasteiger partial charge in [-0.3, -0.25) is 0 Å². The molecule has 0 saturated heterocycles. The molecular weight excluding hydrogens is 140 g/mol. The smallest absolute Gasteiger partial charge is 0.0579 e. The minimum Gasteiger partial charge on any atom is -0.113 e. The summed E-state index contributed by atoms with van der Waals surface area (Å²) in [6.07, 6.45) is 6.49. The first-order chi connectivity index (χ1) is 4.79. The number of allylic oxidation sites excluding steroid dienone is 4. The standard InChI is InChI=1S/C9H9S/c1-6-7(2)10-9-5-3-4-8(6)9/h3-5H,1-2H3. The van der Waals surface area contributed by atoms with Crippen molar-refractivity contribution in [3.05, 3.63) is 39.5 Å². The zero-order chi connectivity index (χ0) is 7.14. The van der Waals surface area contributed by atoms with Gasteiger partial charge in [0.15, 0.2) is 0 Å². The maximum absolute atomic E-state index is 2.19. The maximum atomic E-state index is 2.19. The number of hydrogen-bond acceptors (Lipinski definition) is 1. The molecule has 0 aromatic heterocycles. The normalized spacial score (nSPS) is 24.0. The van der Waals surface area contributed by atoms with Crippen LogP contribution in [-0.4, -0.2) is 0 Å². The first kappa shape index (κ1) is 6.29. The van der Waals surface area contributed by atoms with Crippen LogP contribution in [0.5, 0.6) is 0 Å². The first-order valence-corrected chi connectivity index (χ1v) is 4.22. The quantitative estimate of drug-likeness (QED) is 0.510. The molecule has 10 heavy (non-hydrogen) atoms. The molecule has 0 atom stereocenters. The summed E-state index contributed by atoms with van der Waals surface area (Å²) in [5.74, 6) is 0. The molecular formula is C9H9S. The topological polar surface area (TPSA) is 0 Å². The molecule has 0 spiro atoms. The summed E-state index contributed by atoms with van der Waals surface area (Å²) in [5, 5.41) is 1.45. The Kier molecular flexibility index (Phi) is 1.27. The monoisotopic (exact) mass is 149 g/mol. The predicted molar refractivity (Wildman–Crippen MR) is 46.4 cm³/mol. The fraction of sp³-hybridized carbons (Fsp3) is 0.222. The van der Waals surface area contributed by atoms with E-state index in [9.17, 15) is 0 Å². The van der Waals surface area contributed by atoms with Crippen molar-refractivity contribution >= 4 is 11.8 Å². The summed E-state index contributed by atoms with van der Waals surface area (Å²) in [6.45, 7) is 4.37. The highest BCUT2D eigenvalue weighted by molar-refractivity contribution is 8.06. The molecule has 0 bridgehead atoms. The molecule has 0 unspecified atom stereocenters. The van der Waals surface area contributed by atoms with E-state index in [2.05, 4.69) is 32.1 Å². The largest absolute Gasteiger partial charge is 0.113 e. The van der Waals surface area contributed by atoms with E-state index in [1.54, 1.807) is 0 Å². The van der Waals surface area contributed by atoms with E-state index in [0.717, 1.165) is 0 Å². The zero-order valence-electron chi connectivity index (χ0n) is 6.14. The van der Waals surface area contributed by atoms with Crippen LogP contribution in [0.4, 0.5) is 0 Å². The van der Waals surface area contributed by atoms with Crippen LogP contribution >= 0.6 is 11.8 Å². The van der Waals surface area contributed by atoms with Crippen molar-refractivity contribution in [1.29, 1.82) is 0 Å². The zero-order valence-corrected chi connectivity index (χ0v) is 6.96. The molecule has 0 nitrogen and oxygen atoms in total. The van der Waals surface area contributed by atoms with Gasteiger partial charge in [0.05, 0.1) is 5.25 Å². The molecule has 1 aliphatic carbocycles. The molecule has 0 saturated carbocycles. The fourth-order valence-electron chi connectivity index (χ4n) is 1.23. The Morgan fingerprint density at radius 1 is 1.30 bits per heavy atom. The number of rotatable bonds is 0. The van der Waals surface area contributed by atoms with Crippen molar-refractivity contribution in [2.45, 2.75) is 13.8 Å². The van der Waals surface area contributed by atoms with Crippen LogP contribution in [0.3, 0.4) is 0 Å². The van der Waals surface area contributed by atoms with Gasteiger partial charge in [-0.2, -0.15) is 0 Å². The molecule has 0 N–H and O–H groups in total. The molecule has 2 aliphatic rings. The highest BCUT2D eigenvalue weighted by atomic mass is 32.2. The summed E-state index contributed by atoms with van der Waals surface area (Å²) in [7, 11) is 0. The Balaban J connectivity index is 2.49. The van der Waals surface area contributed by atoms with Crippen LogP contribution < -0.4 is 0 Å². The lowest BCUT2D eigenvalue weighted by molar-refractivity contribution is 1.30. The lowest BCUT2D eigenvalue weighted by atomic mass is 10.1. The SMILES string of the molecule is C[C]1SC2=CC=CC2=C1C. The van der Waals surface area contributed by atoms with Crippen molar-refractivity contribution in [2.24, 2.45) is 0 Å². The van der Waals surface area contributed by atoms with Gasteiger partial charge in [-0.25, -0.2) is 0 Å². The highest BCUT2D eigenvalue weighted by Crippen LogP contribution is 2.48. The summed E-state index contributed by atoms with van der Waals surface area (Å²) in [6, 6.07) is 0. The van der Waals surface area contributed by atoms with Crippen LogP contribution in [0.1, 0.15) is 13.8 Å². The second-order valence-electron chi connectivity index (χ2n) is 2.59. The molecule has 1 heteroatoms. The Labute approximate surface area is 65.7 Å². The van der Waals surface area contributed by atoms with Gasteiger partial charge in [0.25, 0.3) is 0 Å². The van der Waals surface area contributed by atoms with Crippen molar-refractivity contribution in [3.8, 4) is 0 Å². The number of fused-ring (bicyclic) bond motifs is 1. The molecule has 0 fully saturated rings. The average Bonchev–Trinajstić information content (AvgIpc) is 2.41. The van der Waals surface area contributed by atoms with Gasteiger partial charge in [-0.15, -0.1) is 11.8 Å². The Morgan fingerprint density at radius 3 is 2.80 bits per heavy atom. The number of hydrogen-bond donors (Lipinski definition) is 0. The fourth-order valence-corrected chi connectivity index (χ4v) is 2.30. The predicted octanol–water partition coefficient (Wildman–Crippen LogP) is 3.06. The Bertz CT molecular complexity index is 256. The van der Waals surface area contributed by atoms with Gasteiger partial charge in [-0.1, -0.05) is 12.2 Å². The third kappa shape index (κ3) is 0.702. The molecule has 0 amide bonds. The van der Waals surface area contributed by atoms with Crippen molar-refractivity contribution in [2.75, 3.05) is 0 Å². The molecule has 1 aliphatic heterocycles. The van der Waals surface area contributed by atoms with Gasteiger partial charge >= 0.3 is 0 Å². The minimum atomic E-state index is 1.43. The molecule has 2 rings (SSSR count). The van der Waals surface area contributed by atoms with E-state index in [4.69, 9.17) is 0 Å². The molecule has 1 radical (unpaired) electrons.